The molecule has 0 spiro atoms. The fourth-order valence-electron chi connectivity index (χ4n) is 2.82. The van der Waals surface area contributed by atoms with Crippen LogP contribution < -0.4 is 5.32 Å². The molecule has 0 amide bonds. The molecule has 2 aliphatic rings. The third-order valence-corrected chi connectivity index (χ3v) is 3.81. The molecule has 1 nitrogen and oxygen atoms in total. The van der Waals surface area contributed by atoms with Crippen molar-refractivity contribution in [3.63, 3.8) is 0 Å². The van der Waals surface area contributed by atoms with Crippen molar-refractivity contribution in [2.24, 2.45) is 0 Å². The molecule has 1 N–H and O–H groups in total. The van der Waals surface area contributed by atoms with Crippen LogP contribution in [0.2, 0.25) is 0 Å². The summed E-state index contributed by atoms with van der Waals surface area (Å²) < 4.78 is 0. The first-order chi connectivity index (χ1) is 8.43. The molecule has 0 bridgehead atoms. The summed E-state index contributed by atoms with van der Waals surface area (Å²) in [7, 11) is 0. The Morgan fingerprint density at radius 1 is 0.765 bits per heavy atom. The Morgan fingerprint density at radius 3 is 1.82 bits per heavy atom. The van der Waals surface area contributed by atoms with Crippen LogP contribution in [0, 0.1) is 0 Å². The first-order valence-corrected chi connectivity index (χ1v) is 6.38. The van der Waals surface area contributed by atoms with E-state index in [2.05, 4.69) is 53.8 Å². The van der Waals surface area contributed by atoms with Crippen molar-refractivity contribution < 1.29 is 0 Å². The quantitative estimate of drug-likeness (QED) is 0.818. The lowest BCUT2D eigenvalue weighted by atomic mass is 10.1. The number of hydrogen-bond donors (Lipinski definition) is 1. The minimum absolute atomic E-state index is 0.412. The van der Waals surface area contributed by atoms with E-state index in [9.17, 15) is 0 Å². The highest BCUT2D eigenvalue weighted by molar-refractivity contribution is 5.78. The van der Waals surface area contributed by atoms with Crippen LogP contribution in [-0.2, 0) is 0 Å². The fraction of sp³-hybridized carbons (Fsp3) is 0.250. The van der Waals surface area contributed by atoms with Gasteiger partial charge in [0.1, 0.15) is 0 Å². The molecule has 1 heteroatoms. The van der Waals surface area contributed by atoms with E-state index in [0.29, 0.717) is 6.04 Å². The largest absolute Gasteiger partial charge is 0.303 e. The number of fused-ring (bicyclic) bond motifs is 3. The van der Waals surface area contributed by atoms with Gasteiger partial charge in [0.15, 0.2) is 0 Å². The first kappa shape index (κ1) is 9.43. The molecule has 4 rings (SSSR count). The summed E-state index contributed by atoms with van der Waals surface area (Å²) in [6.07, 6.45) is 2.67. The Hall–Kier alpha value is -1.60. The zero-order chi connectivity index (χ0) is 11.2. The number of nitrogens with one attached hydrogen (secondary N) is 1. The Labute approximate surface area is 101 Å². The van der Waals surface area contributed by atoms with Crippen molar-refractivity contribution in [3.05, 3.63) is 59.7 Å². The predicted molar refractivity (Wildman–Crippen MR) is 69.9 cm³/mol. The molecule has 2 aromatic rings. The van der Waals surface area contributed by atoms with Gasteiger partial charge in [-0.05, 0) is 35.1 Å². The van der Waals surface area contributed by atoms with Crippen molar-refractivity contribution in [2.75, 3.05) is 0 Å². The van der Waals surface area contributed by atoms with Crippen LogP contribution in [0.3, 0.4) is 0 Å². The topological polar surface area (TPSA) is 12.0 Å². The van der Waals surface area contributed by atoms with Gasteiger partial charge in [-0.15, -0.1) is 0 Å². The van der Waals surface area contributed by atoms with Crippen molar-refractivity contribution in [1.29, 1.82) is 0 Å². The predicted octanol–water partition coefficient (Wildman–Crippen LogP) is 3.51. The SMILES string of the molecule is c1ccc2c(c1)-c1ccccc1C2NC1CC1. The van der Waals surface area contributed by atoms with Gasteiger partial charge >= 0.3 is 0 Å². The van der Waals surface area contributed by atoms with E-state index in [1.165, 1.54) is 35.1 Å². The van der Waals surface area contributed by atoms with Crippen molar-refractivity contribution in [1.82, 2.24) is 5.32 Å². The maximum atomic E-state index is 3.77. The number of rotatable bonds is 2. The Morgan fingerprint density at radius 2 is 1.29 bits per heavy atom. The average Bonchev–Trinajstić information content (AvgIpc) is 3.15. The van der Waals surface area contributed by atoms with E-state index in [-0.39, 0.29) is 0 Å². The smallest absolute Gasteiger partial charge is 0.0591 e. The van der Waals surface area contributed by atoms with E-state index in [0.717, 1.165) is 6.04 Å². The zero-order valence-corrected chi connectivity index (χ0v) is 9.69. The molecule has 1 saturated carbocycles. The Balaban J connectivity index is 1.88. The first-order valence-electron chi connectivity index (χ1n) is 6.38. The fourth-order valence-corrected chi connectivity index (χ4v) is 2.82. The van der Waals surface area contributed by atoms with Gasteiger partial charge < -0.3 is 5.32 Å². The van der Waals surface area contributed by atoms with Gasteiger partial charge in [0.2, 0.25) is 0 Å². The van der Waals surface area contributed by atoms with Crippen LogP contribution in [0.25, 0.3) is 11.1 Å². The molecule has 0 heterocycles. The lowest BCUT2D eigenvalue weighted by Gasteiger charge is -2.15. The Bertz CT molecular complexity index is 524. The second-order valence-corrected chi connectivity index (χ2v) is 5.05. The Kier molecular flexibility index (Phi) is 1.91. The highest BCUT2D eigenvalue weighted by Gasteiger charge is 2.32. The van der Waals surface area contributed by atoms with Gasteiger partial charge in [0.25, 0.3) is 0 Å². The molecule has 2 aromatic carbocycles. The van der Waals surface area contributed by atoms with E-state index >= 15 is 0 Å². The van der Waals surface area contributed by atoms with Crippen LogP contribution in [-0.4, -0.2) is 6.04 Å². The molecule has 84 valence electrons. The van der Waals surface area contributed by atoms with Crippen molar-refractivity contribution in [2.45, 2.75) is 24.9 Å². The summed E-state index contributed by atoms with van der Waals surface area (Å²) in [5.41, 5.74) is 5.70. The maximum Gasteiger partial charge on any atom is 0.0591 e. The van der Waals surface area contributed by atoms with Crippen LogP contribution in [0.15, 0.2) is 48.5 Å². The van der Waals surface area contributed by atoms with Gasteiger partial charge in [-0.1, -0.05) is 48.5 Å². The lowest BCUT2D eigenvalue weighted by Crippen LogP contribution is -2.22. The summed E-state index contributed by atoms with van der Waals surface area (Å²) in [6, 6.07) is 18.7. The van der Waals surface area contributed by atoms with Crippen molar-refractivity contribution in [3.8, 4) is 11.1 Å². The molecule has 1 fully saturated rings. The minimum atomic E-state index is 0.412. The van der Waals surface area contributed by atoms with E-state index < -0.39 is 0 Å². The molecule has 0 aliphatic heterocycles. The van der Waals surface area contributed by atoms with Gasteiger partial charge in [-0.3, -0.25) is 0 Å². The number of hydrogen-bond acceptors (Lipinski definition) is 1. The molecule has 2 aliphatic carbocycles. The average molecular weight is 221 g/mol. The molecule has 0 radical (unpaired) electrons. The van der Waals surface area contributed by atoms with Gasteiger partial charge in [-0.2, -0.15) is 0 Å². The zero-order valence-electron chi connectivity index (χ0n) is 9.69. The maximum absolute atomic E-state index is 3.77. The lowest BCUT2D eigenvalue weighted by molar-refractivity contribution is 0.611. The van der Waals surface area contributed by atoms with Gasteiger partial charge in [0, 0.05) is 6.04 Å². The van der Waals surface area contributed by atoms with Crippen molar-refractivity contribution >= 4 is 0 Å². The standard InChI is InChI=1S/C16H15N/c1-3-7-14-12(5-1)13-6-2-4-8-15(13)16(14)17-11-9-10-11/h1-8,11,16-17H,9-10H2. The molecule has 17 heavy (non-hydrogen) atoms. The summed E-state index contributed by atoms with van der Waals surface area (Å²) in [6.45, 7) is 0. The summed E-state index contributed by atoms with van der Waals surface area (Å²) in [4.78, 5) is 0. The normalized spacial score (nSPS) is 17.9. The van der Waals surface area contributed by atoms with Gasteiger partial charge in [-0.25, -0.2) is 0 Å². The van der Waals surface area contributed by atoms with Crippen LogP contribution in [0.1, 0.15) is 30.0 Å². The molecule has 0 aromatic heterocycles. The molecule has 0 saturated heterocycles. The summed E-state index contributed by atoms with van der Waals surface area (Å²) >= 11 is 0. The van der Waals surface area contributed by atoms with E-state index in [4.69, 9.17) is 0 Å². The second kappa shape index (κ2) is 3.44. The second-order valence-electron chi connectivity index (χ2n) is 5.05. The molecular weight excluding hydrogens is 206 g/mol. The third kappa shape index (κ3) is 1.43. The summed E-state index contributed by atoms with van der Waals surface area (Å²) in [5, 5.41) is 3.77. The highest BCUT2D eigenvalue weighted by Crippen LogP contribution is 2.44. The molecule has 0 unspecified atom stereocenters. The van der Waals surface area contributed by atoms with Crippen LogP contribution >= 0.6 is 0 Å². The molecular formula is C16H15N. The van der Waals surface area contributed by atoms with E-state index in [1.807, 2.05) is 0 Å². The van der Waals surface area contributed by atoms with E-state index in [1.54, 1.807) is 0 Å². The monoisotopic (exact) mass is 221 g/mol. The summed E-state index contributed by atoms with van der Waals surface area (Å²) in [5.74, 6) is 0. The van der Waals surface area contributed by atoms with Crippen LogP contribution in [0.5, 0.6) is 0 Å². The minimum Gasteiger partial charge on any atom is -0.303 e. The molecule has 0 atom stereocenters. The van der Waals surface area contributed by atoms with Crippen LogP contribution in [0.4, 0.5) is 0 Å². The number of benzene rings is 2. The van der Waals surface area contributed by atoms with Gasteiger partial charge in [0.05, 0.1) is 6.04 Å². The highest BCUT2D eigenvalue weighted by atomic mass is 15.0. The third-order valence-electron chi connectivity index (χ3n) is 3.81.